The van der Waals surface area contributed by atoms with Crippen molar-refractivity contribution >= 4 is 29.3 Å². The van der Waals surface area contributed by atoms with Crippen molar-refractivity contribution in [3.05, 3.63) is 69.5 Å². The normalized spacial score (nSPS) is 13.5. The summed E-state index contributed by atoms with van der Waals surface area (Å²) >= 11 is 11.6. The van der Waals surface area contributed by atoms with E-state index in [2.05, 4.69) is 5.32 Å². The molecule has 2 aromatic carbocycles. The molecule has 7 heteroatoms. The van der Waals surface area contributed by atoms with Crippen LogP contribution >= 0.6 is 23.2 Å². The van der Waals surface area contributed by atoms with Crippen molar-refractivity contribution in [3.63, 3.8) is 0 Å². The van der Waals surface area contributed by atoms with Gasteiger partial charge in [-0.1, -0.05) is 35.3 Å². The molecule has 4 nitrogen and oxygen atoms in total. The SMILES string of the molecule is O=C(O)N[C@H](c1ccc(Cl)cc1)[C@@H](O)c1cc(F)cc(Cl)c1. The summed E-state index contributed by atoms with van der Waals surface area (Å²) in [4.78, 5) is 11.0. The van der Waals surface area contributed by atoms with Crippen LogP contribution in [0.25, 0.3) is 0 Å². The van der Waals surface area contributed by atoms with Gasteiger partial charge < -0.3 is 15.5 Å². The molecule has 2 aromatic rings. The summed E-state index contributed by atoms with van der Waals surface area (Å²) in [5.74, 6) is -0.619. The number of benzene rings is 2. The van der Waals surface area contributed by atoms with E-state index in [-0.39, 0.29) is 10.6 Å². The van der Waals surface area contributed by atoms with E-state index < -0.39 is 24.1 Å². The van der Waals surface area contributed by atoms with Crippen LogP contribution in [0.3, 0.4) is 0 Å². The molecule has 0 aromatic heterocycles. The third-order valence-corrected chi connectivity index (χ3v) is 3.52. The van der Waals surface area contributed by atoms with E-state index in [1.165, 1.54) is 6.07 Å². The molecule has 0 aliphatic rings. The molecule has 0 saturated heterocycles. The number of hydrogen-bond acceptors (Lipinski definition) is 2. The maximum Gasteiger partial charge on any atom is 0.405 e. The van der Waals surface area contributed by atoms with Gasteiger partial charge in [-0.2, -0.15) is 0 Å². The summed E-state index contributed by atoms with van der Waals surface area (Å²) in [7, 11) is 0. The lowest BCUT2D eigenvalue weighted by Gasteiger charge is -2.24. The summed E-state index contributed by atoms with van der Waals surface area (Å²) in [6.07, 6.45) is -2.63. The van der Waals surface area contributed by atoms with Gasteiger partial charge in [0.25, 0.3) is 0 Å². The van der Waals surface area contributed by atoms with Crippen LogP contribution in [0.2, 0.25) is 10.0 Å². The van der Waals surface area contributed by atoms with Crippen molar-refractivity contribution in [3.8, 4) is 0 Å². The van der Waals surface area contributed by atoms with Gasteiger partial charge in [0, 0.05) is 10.0 Å². The highest BCUT2D eigenvalue weighted by molar-refractivity contribution is 6.30. The Morgan fingerprint density at radius 2 is 1.68 bits per heavy atom. The molecule has 0 spiro atoms. The molecule has 0 saturated carbocycles. The van der Waals surface area contributed by atoms with Gasteiger partial charge in [-0.3, -0.25) is 0 Å². The maximum absolute atomic E-state index is 13.4. The second-order valence-electron chi connectivity index (χ2n) is 4.63. The first kappa shape index (κ1) is 16.5. The summed E-state index contributed by atoms with van der Waals surface area (Å²) in [5, 5.41) is 22.2. The zero-order chi connectivity index (χ0) is 16.3. The topological polar surface area (TPSA) is 69.6 Å². The molecule has 2 atom stereocenters. The van der Waals surface area contributed by atoms with Crippen LogP contribution in [0.4, 0.5) is 9.18 Å². The Hall–Kier alpha value is -1.82. The van der Waals surface area contributed by atoms with Gasteiger partial charge in [0.05, 0.1) is 6.04 Å². The molecule has 0 aliphatic carbocycles. The van der Waals surface area contributed by atoms with Crippen LogP contribution in [0.15, 0.2) is 42.5 Å². The van der Waals surface area contributed by atoms with Crippen molar-refractivity contribution in [1.82, 2.24) is 5.32 Å². The molecule has 22 heavy (non-hydrogen) atoms. The Morgan fingerprint density at radius 1 is 1.05 bits per heavy atom. The highest BCUT2D eigenvalue weighted by Crippen LogP contribution is 2.31. The zero-order valence-electron chi connectivity index (χ0n) is 11.1. The number of halogens is 3. The second-order valence-corrected chi connectivity index (χ2v) is 5.50. The lowest BCUT2D eigenvalue weighted by Crippen LogP contribution is -2.31. The zero-order valence-corrected chi connectivity index (χ0v) is 12.6. The third-order valence-electron chi connectivity index (χ3n) is 3.05. The molecule has 0 unspecified atom stereocenters. The molecule has 0 heterocycles. The average molecular weight is 344 g/mol. The van der Waals surface area contributed by atoms with E-state index in [0.29, 0.717) is 10.6 Å². The van der Waals surface area contributed by atoms with E-state index in [0.717, 1.165) is 12.1 Å². The van der Waals surface area contributed by atoms with Crippen molar-refractivity contribution in [2.45, 2.75) is 12.1 Å². The quantitative estimate of drug-likeness (QED) is 0.780. The first-order valence-corrected chi connectivity index (χ1v) is 7.01. The lowest BCUT2D eigenvalue weighted by atomic mass is 9.96. The van der Waals surface area contributed by atoms with Crippen LogP contribution in [-0.4, -0.2) is 16.3 Å². The Bertz CT molecular complexity index is 659. The van der Waals surface area contributed by atoms with Gasteiger partial charge >= 0.3 is 6.09 Å². The van der Waals surface area contributed by atoms with Gasteiger partial charge in [0.2, 0.25) is 0 Å². The number of hydrogen-bond donors (Lipinski definition) is 3. The number of nitrogens with one attached hydrogen (secondary N) is 1. The van der Waals surface area contributed by atoms with Crippen molar-refractivity contribution < 1.29 is 19.4 Å². The number of carboxylic acid groups (broad SMARTS) is 1. The van der Waals surface area contributed by atoms with Crippen molar-refractivity contribution in [2.75, 3.05) is 0 Å². The summed E-state index contributed by atoms with van der Waals surface area (Å²) in [6.45, 7) is 0. The Kier molecular flexibility index (Phi) is 5.24. The summed E-state index contributed by atoms with van der Waals surface area (Å²) in [5.41, 5.74) is 0.651. The minimum atomic E-state index is -1.32. The first-order chi connectivity index (χ1) is 10.4. The van der Waals surface area contributed by atoms with Gasteiger partial charge in [-0.15, -0.1) is 0 Å². The molecular weight excluding hydrogens is 332 g/mol. The van der Waals surface area contributed by atoms with E-state index in [1.807, 2.05) is 0 Å². The fourth-order valence-electron chi connectivity index (χ4n) is 2.09. The summed E-state index contributed by atoms with van der Waals surface area (Å²) in [6, 6.07) is 8.87. The average Bonchev–Trinajstić information content (AvgIpc) is 2.44. The van der Waals surface area contributed by atoms with E-state index >= 15 is 0 Å². The number of aliphatic hydroxyl groups is 1. The Labute approximate surface area is 136 Å². The Balaban J connectivity index is 2.39. The molecule has 1 amide bonds. The van der Waals surface area contributed by atoms with Gasteiger partial charge in [0.1, 0.15) is 11.9 Å². The van der Waals surface area contributed by atoms with Crippen LogP contribution in [0.5, 0.6) is 0 Å². The van der Waals surface area contributed by atoms with Crippen LogP contribution < -0.4 is 5.32 Å². The predicted octanol–water partition coefficient (Wildman–Crippen LogP) is 4.17. The van der Waals surface area contributed by atoms with Gasteiger partial charge in [0.15, 0.2) is 0 Å². The van der Waals surface area contributed by atoms with Crippen LogP contribution in [0, 0.1) is 5.82 Å². The number of amides is 1. The maximum atomic E-state index is 13.4. The van der Waals surface area contributed by atoms with Gasteiger partial charge in [-0.25, -0.2) is 9.18 Å². The van der Waals surface area contributed by atoms with Crippen molar-refractivity contribution in [1.29, 1.82) is 0 Å². The minimum absolute atomic E-state index is 0.110. The first-order valence-electron chi connectivity index (χ1n) is 6.26. The fourth-order valence-corrected chi connectivity index (χ4v) is 2.44. The van der Waals surface area contributed by atoms with Gasteiger partial charge in [-0.05, 0) is 41.5 Å². The van der Waals surface area contributed by atoms with E-state index in [4.69, 9.17) is 28.3 Å². The smallest absolute Gasteiger partial charge is 0.405 e. The Morgan fingerprint density at radius 3 is 2.23 bits per heavy atom. The molecule has 3 N–H and O–H groups in total. The summed E-state index contributed by atoms with van der Waals surface area (Å²) < 4.78 is 13.4. The van der Waals surface area contributed by atoms with E-state index in [9.17, 15) is 14.3 Å². The van der Waals surface area contributed by atoms with Crippen LogP contribution in [0.1, 0.15) is 23.3 Å². The number of carbonyl (C=O) groups is 1. The monoisotopic (exact) mass is 343 g/mol. The fraction of sp³-hybridized carbons (Fsp3) is 0.133. The van der Waals surface area contributed by atoms with E-state index in [1.54, 1.807) is 24.3 Å². The molecular formula is C15H12Cl2FNO3. The molecule has 0 fully saturated rings. The highest BCUT2D eigenvalue weighted by atomic mass is 35.5. The molecule has 0 radical (unpaired) electrons. The number of aliphatic hydroxyl groups excluding tert-OH is 1. The minimum Gasteiger partial charge on any atom is -0.465 e. The second kappa shape index (κ2) is 6.96. The molecule has 0 aliphatic heterocycles. The largest absolute Gasteiger partial charge is 0.465 e. The predicted molar refractivity (Wildman–Crippen MR) is 81.7 cm³/mol. The molecule has 0 bridgehead atoms. The van der Waals surface area contributed by atoms with Crippen molar-refractivity contribution in [2.24, 2.45) is 0 Å². The third kappa shape index (κ3) is 4.10. The lowest BCUT2D eigenvalue weighted by molar-refractivity contribution is 0.120. The molecule has 116 valence electrons. The standard InChI is InChI=1S/C15H12Cl2FNO3/c16-10-3-1-8(2-4-10)13(19-15(21)22)14(20)9-5-11(17)7-12(18)6-9/h1-7,13-14,19-20H,(H,21,22)/t13-,14+/m1/s1. The molecule has 2 rings (SSSR count). The number of rotatable bonds is 4. The highest BCUT2D eigenvalue weighted by Gasteiger charge is 2.25. The van der Waals surface area contributed by atoms with Crippen LogP contribution in [-0.2, 0) is 0 Å².